The average Bonchev–Trinajstić information content (AvgIpc) is 2.43. The van der Waals surface area contributed by atoms with E-state index in [4.69, 9.17) is 4.84 Å². The fourth-order valence-electron chi connectivity index (χ4n) is 2.08. The maximum Gasteiger partial charge on any atom is 0.0685 e. The average molecular weight is 211 g/mol. The first kappa shape index (κ1) is 11.4. The minimum atomic E-state index is 0.917. The van der Waals surface area contributed by atoms with E-state index in [0.29, 0.717) is 0 Å². The predicted molar refractivity (Wildman–Crippen MR) is 61.4 cm³/mol. The first-order valence-electron chi connectivity index (χ1n) is 6.37. The molecule has 2 heterocycles. The fraction of sp³-hybridized carbons (Fsp3) is 0.917. The quantitative estimate of drug-likeness (QED) is 0.644. The van der Waals surface area contributed by atoms with Gasteiger partial charge in [-0.05, 0) is 58.2 Å². The molecule has 0 aromatic carbocycles. The van der Waals surface area contributed by atoms with Gasteiger partial charge < -0.3 is 4.90 Å². The van der Waals surface area contributed by atoms with E-state index < -0.39 is 0 Å². The Kier molecular flexibility index (Phi) is 4.90. The third-order valence-corrected chi connectivity index (χ3v) is 3.26. The molecule has 0 aromatic rings. The number of likely N-dealkylation sites (tertiary alicyclic amines) is 1. The highest BCUT2D eigenvalue weighted by Gasteiger charge is 2.13. The summed E-state index contributed by atoms with van der Waals surface area (Å²) in [6.07, 6.45) is 8.81. The molecule has 2 fully saturated rings. The molecule has 2 saturated heterocycles. The van der Waals surface area contributed by atoms with Crippen LogP contribution in [-0.4, -0.2) is 49.3 Å². The topological polar surface area (TPSA) is 15.7 Å². The maximum absolute atomic E-state index is 5.64. The summed E-state index contributed by atoms with van der Waals surface area (Å²) >= 11 is 0. The molecule has 0 atom stereocenters. The molecule has 0 unspecified atom stereocenters. The van der Waals surface area contributed by atoms with Gasteiger partial charge in [0.25, 0.3) is 0 Å². The Labute approximate surface area is 93.3 Å². The van der Waals surface area contributed by atoms with E-state index in [-0.39, 0.29) is 0 Å². The largest absolute Gasteiger partial charge is 0.303 e. The van der Waals surface area contributed by atoms with E-state index in [9.17, 15) is 0 Å². The minimum Gasteiger partial charge on any atom is -0.303 e. The van der Waals surface area contributed by atoms with Crippen LogP contribution < -0.4 is 0 Å². The van der Waals surface area contributed by atoms with Gasteiger partial charge in [0.15, 0.2) is 0 Å². The van der Waals surface area contributed by atoms with Crippen LogP contribution in [0.15, 0.2) is 0 Å². The van der Waals surface area contributed by atoms with E-state index in [2.05, 4.69) is 16.4 Å². The van der Waals surface area contributed by atoms with E-state index in [1.54, 1.807) is 0 Å². The normalized spacial score (nSPS) is 24.8. The second kappa shape index (κ2) is 6.46. The number of hydrogen-bond acceptors (Lipinski definition) is 3. The van der Waals surface area contributed by atoms with Gasteiger partial charge in [0, 0.05) is 13.1 Å². The fourth-order valence-corrected chi connectivity index (χ4v) is 2.08. The summed E-state index contributed by atoms with van der Waals surface area (Å²) in [6.45, 7) is 6.91. The highest BCUT2D eigenvalue weighted by molar-refractivity contribution is 4.74. The van der Waals surface area contributed by atoms with Crippen molar-refractivity contribution in [3.63, 3.8) is 0 Å². The highest BCUT2D eigenvalue weighted by atomic mass is 16.7. The van der Waals surface area contributed by atoms with Crippen LogP contribution in [0.5, 0.6) is 0 Å². The smallest absolute Gasteiger partial charge is 0.0685 e. The Morgan fingerprint density at radius 1 is 1.00 bits per heavy atom. The summed E-state index contributed by atoms with van der Waals surface area (Å²) < 4.78 is 0. The lowest BCUT2D eigenvalue weighted by atomic mass is 10.2. The van der Waals surface area contributed by atoms with Crippen molar-refractivity contribution in [1.29, 1.82) is 0 Å². The lowest BCUT2D eigenvalue weighted by Gasteiger charge is -2.30. The Morgan fingerprint density at radius 3 is 2.73 bits per heavy atom. The van der Waals surface area contributed by atoms with Crippen molar-refractivity contribution in [1.82, 2.24) is 9.96 Å². The lowest BCUT2D eigenvalue weighted by Crippen LogP contribution is -2.38. The number of rotatable bonds is 5. The van der Waals surface area contributed by atoms with Crippen molar-refractivity contribution in [2.75, 3.05) is 39.3 Å². The zero-order valence-corrected chi connectivity index (χ0v) is 9.66. The van der Waals surface area contributed by atoms with Gasteiger partial charge in [0.05, 0.1) is 6.61 Å². The van der Waals surface area contributed by atoms with Crippen LogP contribution in [0.25, 0.3) is 0 Å². The van der Waals surface area contributed by atoms with Gasteiger partial charge in [-0.1, -0.05) is 0 Å². The van der Waals surface area contributed by atoms with E-state index >= 15 is 0 Å². The summed E-state index contributed by atoms with van der Waals surface area (Å²) in [5.74, 6) is 0. The van der Waals surface area contributed by atoms with Crippen molar-refractivity contribution >= 4 is 0 Å². The van der Waals surface area contributed by atoms with Crippen molar-refractivity contribution < 1.29 is 4.84 Å². The zero-order valence-electron chi connectivity index (χ0n) is 9.66. The third kappa shape index (κ3) is 4.09. The van der Waals surface area contributed by atoms with Crippen LogP contribution >= 0.6 is 0 Å². The standard InChI is InChI=1S/C12H23N2O/c1-2-10-14(15-12-5-1)11-4-3-7-13-8-6-9-13/h4H,1-3,5-12H2. The molecule has 0 aromatic heterocycles. The molecule has 0 bridgehead atoms. The Hall–Kier alpha value is -0.120. The summed E-state index contributed by atoms with van der Waals surface area (Å²) in [5, 5.41) is 2.13. The summed E-state index contributed by atoms with van der Waals surface area (Å²) in [7, 11) is 0. The molecule has 15 heavy (non-hydrogen) atoms. The summed E-state index contributed by atoms with van der Waals surface area (Å²) in [5.41, 5.74) is 0. The van der Waals surface area contributed by atoms with Gasteiger partial charge in [-0.3, -0.25) is 4.84 Å². The number of hydrogen-bond donors (Lipinski definition) is 0. The van der Waals surface area contributed by atoms with Crippen LogP contribution in [0.3, 0.4) is 0 Å². The van der Waals surface area contributed by atoms with Gasteiger partial charge >= 0.3 is 0 Å². The molecule has 0 saturated carbocycles. The molecule has 2 aliphatic heterocycles. The minimum absolute atomic E-state index is 0.917. The van der Waals surface area contributed by atoms with Gasteiger partial charge in [0.2, 0.25) is 0 Å². The second-order valence-corrected chi connectivity index (χ2v) is 4.55. The number of unbranched alkanes of at least 4 members (excludes halogenated alkanes) is 1. The molecular weight excluding hydrogens is 188 g/mol. The van der Waals surface area contributed by atoms with Crippen LogP contribution in [0, 0.1) is 6.42 Å². The van der Waals surface area contributed by atoms with E-state index in [1.807, 2.05) is 0 Å². The molecule has 0 spiro atoms. The molecular formula is C12H23N2O. The van der Waals surface area contributed by atoms with Crippen LogP contribution in [0.4, 0.5) is 0 Å². The molecule has 3 nitrogen and oxygen atoms in total. The summed E-state index contributed by atoms with van der Waals surface area (Å²) in [4.78, 5) is 8.15. The first-order valence-corrected chi connectivity index (χ1v) is 6.37. The molecule has 0 aliphatic carbocycles. The third-order valence-electron chi connectivity index (χ3n) is 3.26. The van der Waals surface area contributed by atoms with Crippen LogP contribution in [0.1, 0.15) is 32.1 Å². The Balaban J connectivity index is 1.48. The van der Waals surface area contributed by atoms with Crippen molar-refractivity contribution in [2.24, 2.45) is 0 Å². The SMILES string of the molecule is [CH](CCN1CCC1)CN1CCCCCO1. The maximum atomic E-state index is 5.64. The first-order chi connectivity index (χ1) is 7.45. The van der Waals surface area contributed by atoms with Gasteiger partial charge in [0.1, 0.15) is 0 Å². The second-order valence-electron chi connectivity index (χ2n) is 4.55. The Morgan fingerprint density at radius 2 is 1.93 bits per heavy atom. The molecule has 0 amide bonds. The number of hydroxylamine groups is 2. The highest BCUT2D eigenvalue weighted by Crippen LogP contribution is 2.09. The zero-order chi connectivity index (χ0) is 10.3. The molecule has 1 radical (unpaired) electrons. The van der Waals surface area contributed by atoms with E-state index in [0.717, 1.165) is 19.7 Å². The number of nitrogens with zero attached hydrogens (tertiary/aromatic N) is 2. The molecule has 2 aliphatic rings. The molecule has 0 N–H and O–H groups in total. The molecule has 2 rings (SSSR count). The van der Waals surface area contributed by atoms with Crippen molar-refractivity contribution in [3.05, 3.63) is 6.42 Å². The molecule has 3 heteroatoms. The van der Waals surface area contributed by atoms with Gasteiger partial charge in [-0.25, -0.2) is 0 Å². The lowest BCUT2D eigenvalue weighted by molar-refractivity contribution is -0.146. The van der Waals surface area contributed by atoms with Crippen LogP contribution in [0.2, 0.25) is 0 Å². The van der Waals surface area contributed by atoms with Gasteiger partial charge in [-0.15, -0.1) is 0 Å². The monoisotopic (exact) mass is 211 g/mol. The summed E-state index contributed by atoms with van der Waals surface area (Å²) in [6, 6.07) is 0. The Bertz CT molecular complexity index is 163. The molecule has 87 valence electrons. The van der Waals surface area contributed by atoms with Crippen LogP contribution in [-0.2, 0) is 4.84 Å². The van der Waals surface area contributed by atoms with Gasteiger partial charge in [-0.2, -0.15) is 5.06 Å². The predicted octanol–water partition coefficient (Wildman–Crippen LogP) is 1.70. The van der Waals surface area contributed by atoms with Crippen molar-refractivity contribution in [3.8, 4) is 0 Å². The van der Waals surface area contributed by atoms with E-state index in [1.165, 1.54) is 51.7 Å². The van der Waals surface area contributed by atoms with Crippen molar-refractivity contribution in [2.45, 2.75) is 32.1 Å².